The molecule has 1 aliphatic rings. The van der Waals surface area contributed by atoms with Crippen LogP contribution in [0.1, 0.15) is 37.4 Å². The average molecular weight is 495 g/mol. The summed E-state index contributed by atoms with van der Waals surface area (Å²) in [6, 6.07) is 12.4. The zero-order valence-corrected chi connectivity index (χ0v) is 19.5. The van der Waals surface area contributed by atoms with Gasteiger partial charge in [0.05, 0.1) is 6.04 Å². The van der Waals surface area contributed by atoms with E-state index in [1.165, 1.54) is 5.56 Å². The van der Waals surface area contributed by atoms with E-state index in [4.69, 9.17) is 4.74 Å². The Morgan fingerprint density at radius 2 is 2.04 bits per heavy atom. The minimum atomic E-state index is -0.226. The fourth-order valence-electron chi connectivity index (χ4n) is 3.29. The minimum absolute atomic E-state index is 0. The van der Waals surface area contributed by atoms with Crippen LogP contribution in [0.15, 0.2) is 47.6 Å². The van der Waals surface area contributed by atoms with Gasteiger partial charge in [-0.25, -0.2) is 4.98 Å². The van der Waals surface area contributed by atoms with E-state index in [9.17, 15) is 0 Å². The molecule has 0 radical (unpaired) electrons. The van der Waals surface area contributed by atoms with E-state index in [0.29, 0.717) is 6.54 Å². The Labute approximate surface area is 184 Å². The fraction of sp³-hybridized carbons (Fsp3) is 0.429. The van der Waals surface area contributed by atoms with Gasteiger partial charge in [-0.05, 0) is 37.6 Å². The largest absolute Gasteiger partial charge is 0.487 e. The fourth-order valence-corrected chi connectivity index (χ4v) is 3.29. The molecule has 2 aromatic rings. The summed E-state index contributed by atoms with van der Waals surface area (Å²) in [6.07, 6.45) is 2.70. The molecule has 1 aromatic carbocycles. The van der Waals surface area contributed by atoms with Crippen molar-refractivity contribution in [1.82, 2.24) is 15.6 Å². The third-order valence-corrected chi connectivity index (χ3v) is 4.64. The highest BCUT2D eigenvalue weighted by molar-refractivity contribution is 14.0. The number of halogens is 1. The van der Waals surface area contributed by atoms with Gasteiger partial charge in [0.15, 0.2) is 5.96 Å². The topological polar surface area (TPSA) is 61.8 Å². The van der Waals surface area contributed by atoms with Crippen LogP contribution in [0.4, 0.5) is 5.82 Å². The molecule has 1 atom stereocenters. The van der Waals surface area contributed by atoms with Crippen LogP contribution < -0.4 is 20.3 Å². The van der Waals surface area contributed by atoms with Crippen molar-refractivity contribution in [3.8, 4) is 5.75 Å². The summed E-state index contributed by atoms with van der Waals surface area (Å²) in [5, 5.41) is 6.97. The SMILES string of the molecule is CN=C(NCc1ccnc(N(C)C)c1)NC1CC(C)(C)Oc2ccccc21.I. The highest BCUT2D eigenvalue weighted by Gasteiger charge is 2.33. The predicted molar refractivity (Wildman–Crippen MR) is 126 cm³/mol. The molecule has 2 N–H and O–H groups in total. The summed E-state index contributed by atoms with van der Waals surface area (Å²) in [5.74, 6) is 2.65. The van der Waals surface area contributed by atoms with Crippen molar-refractivity contribution in [3.63, 3.8) is 0 Å². The van der Waals surface area contributed by atoms with Crippen molar-refractivity contribution in [2.45, 2.75) is 38.5 Å². The van der Waals surface area contributed by atoms with E-state index in [-0.39, 0.29) is 35.6 Å². The maximum Gasteiger partial charge on any atom is 0.191 e. The number of guanidine groups is 1. The van der Waals surface area contributed by atoms with Crippen LogP contribution in [0, 0.1) is 0 Å². The molecule has 3 rings (SSSR count). The highest BCUT2D eigenvalue weighted by Crippen LogP contribution is 2.39. The van der Waals surface area contributed by atoms with Crippen LogP contribution in [0.25, 0.3) is 0 Å². The number of aromatic nitrogens is 1. The Balaban J connectivity index is 0.00000280. The summed E-state index contributed by atoms with van der Waals surface area (Å²) in [5.41, 5.74) is 2.10. The van der Waals surface area contributed by atoms with Gasteiger partial charge < -0.3 is 20.3 Å². The van der Waals surface area contributed by atoms with Crippen molar-refractivity contribution >= 4 is 35.8 Å². The molecule has 0 amide bonds. The first-order valence-electron chi connectivity index (χ1n) is 9.25. The maximum atomic E-state index is 6.12. The standard InChI is InChI=1S/C21H29N5O.HI/c1-21(2)13-17(16-8-6-7-9-18(16)27-21)25-20(22-3)24-14-15-10-11-23-19(12-15)26(4)5;/h6-12,17H,13-14H2,1-5H3,(H2,22,24,25);1H. The van der Waals surface area contributed by atoms with Crippen molar-refractivity contribution < 1.29 is 4.74 Å². The molecule has 0 saturated carbocycles. The van der Waals surface area contributed by atoms with Crippen LogP contribution in [0.3, 0.4) is 0 Å². The van der Waals surface area contributed by atoms with E-state index < -0.39 is 0 Å². The number of benzene rings is 1. The first kappa shape index (κ1) is 22.3. The maximum absolute atomic E-state index is 6.12. The summed E-state index contributed by atoms with van der Waals surface area (Å²) in [4.78, 5) is 10.8. The predicted octanol–water partition coefficient (Wildman–Crippen LogP) is 3.73. The quantitative estimate of drug-likeness (QED) is 0.385. The summed E-state index contributed by atoms with van der Waals surface area (Å²) >= 11 is 0. The molecular formula is C21H30IN5O. The lowest BCUT2D eigenvalue weighted by atomic mass is 9.90. The Morgan fingerprint density at radius 1 is 1.29 bits per heavy atom. The summed E-state index contributed by atoms with van der Waals surface area (Å²) < 4.78 is 6.12. The molecule has 1 unspecified atom stereocenters. The number of nitrogens with zero attached hydrogens (tertiary/aromatic N) is 3. The molecule has 1 aliphatic heterocycles. The van der Waals surface area contributed by atoms with E-state index in [1.54, 1.807) is 7.05 Å². The number of pyridine rings is 1. The van der Waals surface area contributed by atoms with Gasteiger partial charge in [0.2, 0.25) is 0 Å². The van der Waals surface area contributed by atoms with Gasteiger partial charge in [-0.15, -0.1) is 24.0 Å². The molecule has 1 aromatic heterocycles. The van der Waals surface area contributed by atoms with Crippen molar-refractivity contribution in [2.24, 2.45) is 4.99 Å². The second-order valence-corrected chi connectivity index (χ2v) is 7.64. The molecular weight excluding hydrogens is 465 g/mol. The minimum Gasteiger partial charge on any atom is -0.487 e. The third kappa shape index (κ3) is 5.50. The molecule has 0 bridgehead atoms. The van der Waals surface area contributed by atoms with Crippen molar-refractivity contribution in [1.29, 1.82) is 0 Å². The molecule has 0 aliphatic carbocycles. The summed E-state index contributed by atoms with van der Waals surface area (Å²) in [7, 11) is 5.78. The zero-order chi connectivity index (χ0) is 19.4. The molecule has 28 heavy (non-hydrogen) atoms. The third-order valence-electron chi connectivity index (χ3n) is 4.64. The monoisotopic (exact) mass is 495 g/mol. The molecule has 152 valence electrons. The van der Waals surface area contributed by atoms with Gasteiger partial charge >= 0.3 is 0 Å². The number of fused-ring (bicyclic) bond motifs is 1. The van der Waals surface area contributed by atoms with Crippen LogP contribution >= 0.6 is 24.0 Å². The van der Waals surface area contributed by atoms with E-state index in [2.05, 4.69) is 46.6 Å². The number of aliphatic imine (C=N–C) groups is 1. The Bertz CT molecular complexity index is 822. The van der Waals surface area contributed by atoms with Crippen molar-refractivity contribution in [2.75, 3.05) is 26.0 Å². The van der Waals surface area contributed by atoms with Crippen LogP contribution in [0.2, 0.25) is 0 Å². The normalized spacial score (nSPS) is 17.6. The number of nitrogens with one attached hydrogen (secondary N) is 2. The lowest BCUT2D eigenvalue weighted by Gasteiger charge is -2.38. The lowest BCUT2D eigenvalue weighted by molar-refractivity contribution is 0.0694. The highest BCUT2D eigenvalue weighted by atomic mass is 127. The average Bonchev–Trinajstić information content (AvgIpc) is 2.64. The first-order chi connectivity index (χ1) is 12.9. The van der Waals surface area contributed by atoms with Crippen LogP contribution in [-0.4, -0.2) is 37.7 Å². The Kier molecular flexibility index (Phi) is 7.51. The number of hydrogen-bond acceptors (Lipinski definition) is 4. The molecule has 2 heterocycles. The molecule has 0 saturated heterocycles. The molecule has 0 spiro atoms. The van der Waals surface area contributed by atoms with E-state index in [0.717, 1.165) is 29.5 Å². The van der Waals surface area contributed by atoms with Gasteiger partial charge in [0.25, 0.3) is 0 Å². The molecule has 7 heteroatoms. The lowest BCUT2D eigenvalue weighted by Crippen LogP contribution is -2.45. The zero-order valence-electron chi connectivity index (χ0n) is 17.2. The number of ether oxygens (including phenoxy) is 1. The smallest absolute Gasteiger partial charge is 0.191 e. The number of anilines is 1. The van der Waals surface area contributed by atoms with Gasteiger partial charge in [-0.1, -0.05) is 18.2 Å². The van der Waals surface area contributed by atoms with Gasteiger partial charge in [-0.2, -0.15) is 0 Å². The molecule has 0 fully saturated rings. The van der Waals surface area contributed by atoms with E-state index in [1.807, 2.05) is 49.5 Å². The van der Waals surface area contributed by atoms with Gasteiger partial charge in [-0.3, -0.25) is 4.99 Å². The number of rotatable bonds is 4. The van der Waals surface area contributed by atoms with Crippen molar-refractivity contribution in [3.05, 3.63) is 53.7 Å². The van der Waals surface area contributed by atoms with E-state index >= 15 is 0 Å². The van der Waals surface area contributed by atoms with Gasteiger partial charge in [0, 0.05) is 45.9 Å². The number of hydrogen-bond donors (Lipinski definition) is 2. The first-order valence-corrected chi connectivity index (χ1v) is 9.25. The molecule has 6 nitrogen and oxygen atoms in total. The van der Waals surface area contributed by atoms with Crippen LogP contribution in [0.5, 0.6) is 5.75 Å². The second kappa shape index (κ2) is 9.45. The summed E-state index contributed by atoms with van der Waals surface area (Å²) in [6.45, 7) is 4.92. The van der Waals surface area contributed by atoms with Gasteiger partial charge in [0.1, 0.15) is 17.2 Å². The number of para-hydroxylation sites is 1. The Hall–Kier alpha value is -2.03. The van der Waals surface area contributed by atoms with Crippen LogP contribution in [-0.2, 0) is 6.54 Å². The Morgan fingerprint density at radius 3 is 2.75 bits per heavy atom. The second-order valence-electron chi connectivity index (χ2n) is 7.64.